The van der Waals surface area contributed by atoms with Gasteiger partial charge in [0.15, 0.2) is 0 Å². The summed E-state index contributed by atoms with van der Waals surface area (Å²) < 4.78 is 6.02. The molecule has 0 spiro atoms. The maximum atomic E-state index is 12.6. The van der Waals surface area contributed by atoms with E-state index in [9.17, 15) is 4.79 Å². The number of ether oxygens (including phenoxy) is 1. The Morgan fingerprint density at radius 1 is 0.489 bits per heavy atom. The quantitative estimate of drug-likeness (QED) is 0.0387. The zero-order chi connectivity index (χ0) is 34.3. The summed E-state index contributed by atoms with van der Waals surface area (Å²) in [4.78, 5) is 14.8. The molecule has 0 aliphatic heterocycles. The summed E-state index contributed by atoms with van der Waals surface area (Å²) in [7, 11) is 4.18. The van der Waals surface area contributed by atoms with Crippen LogP contribution < -0.4 is 0 Å². The summed E-state index contributed by atoms with van der Waals surface area (Å²) in [6, 6.07) is 0. The Kier molecular flexibility index (Phi) is 37.0. The second kappa shape index (κ2) is 38.6. The Morgan fingerprint density at radius 2 is 0.915 bits per heavy atom. The standard InChI is InChI=1S/C44H79NO2/c1-5-7-9-11-13-15-17-19-21-23-25-27-29-31-33-35-39-43(47-44(46)41-37-38-42-45(3)4)40-36-34-32-30-28-26-24-22-20-18-16-14-12-10-8-6-2/h9,11,15-18,21-24,43H,5-8,10,12-14,19-20,25-42H2,1-4H3/b11-9-,17-15-,18-16-,23-21-,24-22-. The molecular formula is C44H79NO2. The van der Waals surface area contributed by atoms with E-state index in [1.807, 2.05) is 0 Å². The molecular weight excluding hydrogens is 574 g/mol. The summed E-state index contributed by atoms with van der Waals surface area (Å²) in [5.41, 5.74) is 0. The van der Waals surface area contributed by atoms with Crippen LogP contribution in [0, 0.1) is 0 Å². The highest BCUT2D eigenvalue weighted by atomic mass is 16.5. The fraction of sp³-hybridized carbons (Fsp3) is 0.750. The minimum absolute atomic E-state index is 0.0153. The lowest BCUT2D eigenvalue weighted by atomic mass is 10.0. The van der Waals surface area contributed by atoms with Crippen LogP contribution in [0.25, 0.3) is 0 Å². The predicted molar refractivity (Wildman–Crippen MR) is 210 cm³/mol. The summed E-state index contributed by atoms with van der Waals surface area (Å²) in [5.74, 6) is 0.0153. The first-order valence-corrected chi connectivity index (χ1v) is 20.2. The Bertz CT molecular complexity index is 791. The lowest BCUT2D eigenvalue weighted by Gasteiger charge is -2.18. The molecule has 0 aromatic heterocycles. The third-order valence-electron chi connectivity index (χ3n) is 8.66. The van der Waals surface area contributed by atoms with E-state index in [-0.39, 0.29) is 12.1 Å². The van der Waals surface area contributed by atoms with E-state index >= 15 is 0 Å². The van der Waals surface area contributed by atoms with E-state index in [1.54, 1.807) is 0 Å². The number of rotatable bonds is 35. The van der Waals surface area contributed by atoms with Crippen LogP contribution in [0.2, 0.25) is 0 Å². The van der Waals surface area contributed by atoms with Crippen LogP contribution in [-0.4, -0.2) is 37.6 Å². The molecule has 3 nitrogen and oxygen atoms in total. The van der Waals surface area contributed by atoms with E-state index in [0.717, 1.165) is 51.5 Å². The van der Waals surface area contributed by atoms with E-state index in [1.165, 1.54) is 122 Å². The van der Waals surface area contributed by atoms with Crippen molar-refractivity contribution in [1.82, 2.24) is 4.90 Å². The number of unbranched alkanes of at least 4 members (excludes halogenated alkanes) is 16. The molecule has 0 N–H and O–H groups in total. The van der Waals surface area contributed by atoms with Gasteiger partial charge in [0.1, 0.15) is 6.10 Å². The van der Waals surface area contributed by atoms with Crippen molar-refractivity contribution in [1.29, 1.82) is 0 Å². The molecule has 0 heterocycles. The molecule has 0 fully saturated rings. The average molecular weight is 654 g/mol. The fourth-order valence-electron chi connectivity index (χ4n) is 5.67. The number of carbonyl (C=O) groups is 1. The average Bonchev–Trinajstić information content (AvgIpc) is 3.06. The summed E-state index contributed by atoms with van der Waals surface area (Å²) in [5, 5.41) is 0. The first-order chi connectivity index (χ1) is 23.1. The van der Waals surface area contributed by atoms with Crippen molar-refractivity contribution < 1.29 is 9.53 Å². The van der Waals surface area contributed by atoms with Gasteiger partial charge in [0.2, 0.25) is 0 Å². The van der Waals surface area contributed by atoms with Gasteiger partial charge in [-0.15, -0.1) is 0 Å². The van der Waals surface area contributed by atoms with Crippen LogP contribution in [0.15, 0.2) is 60.8 Å². The predicted octanol–water partition coefficient (Wildman–Crippen LogP) is 13.8. The molecule has 0 radical (unpaired) electrons. The maximum Gasteiger partial charge on any atom is 0.306 e. The number of hydrogen-bond donors (Lipinski definition) is 0. The topological polar surface area (TPSA) is 29.5 Å². The molecule has 1 atom stereocenters. The Labute approximate surface area is 294 Å². The number of carbonyl (C=O) groups excluding carboxylic acids is 1. The molecule has 0 aromatic rings. The van der Waals surface area contributed by atoms with Crippen LogP contribution >= 0.6 is 0 Å². The molecule has 1 unspecified atom stereocenters. The molecule has 0 saturated carbocycles. The molecule has 3 heteroatoms. The zero-order valence-corrected chi connectivity index (χ0v) is 31.9. The van der Waals surface area contributed by atoms with Gasteiger partial charge in [-0.3, -0.25) is 4.79 Å². The second-order valence-corrected chi connectivity index (χ2v) is 13.8. The SMILES string of the molecule is CCC/C=C\C/C=C\C/C=C\CCCCCCCC(CCCCCCC/C=C\C/C=C\CCCCCC)OC(=O)CCCCN(C)C. The normalized spacial score (nSPS) is 13.1. The van der Waals surface area contributed by atoms with Crippen molar-refractivity contribution in [3.63, 3.8) is 0 Å². The first kappa shape index (κ1) is 45.1. The highest BCUT2D eigenvalue weighted by molar-refractivity contribution is 5.69. The second-order valence-electron chi connectivity index (χ2n) is 13.8. The van der Waals surface area contributed by atoms with Gasteiger partial charge >= 0.3 is 5.97 Å². The molecule has 272 valence electrons. The molecule has 0 aliphatic rings. The van der Waals surface area contributed by atoms with Crippen LogP contribution in [0.4, 0.5) is 0 Å². The van der Waals surface area contributed by atoms with Gasteiger partial charge in [-0.05, 0) is 123 Å². The number of allylic oxidation sites excluding steroid dienone is 10. The molecule has 0 amide bonds. The fourth-order valence-corrected chi connectivity index (χ4v) is 5.67. The number of nitrogens with zero attached hydrogens (tertiary/aromatic N) is 1. The van der Waals surface area contributed by atoms with E-state index in [0.29, 0.717) is 6.42 Å². The smallest absolute Gasteiger partial charge is 0.306 e. The summed E-state index contributed by atoms with van der Waals surface area (Å²) in [6.07, 6.45) is 55.0. The van der Waals surface area contributed by atoms with Crippen LogP contribution in [0.3, 0.4) is 0 Å². The molecule has 0 bridgehead atoms. The van der Waals surface area contributed by atoms with Gasteiger partial charge in [0.25, 0.3) is 0 Å². The Hall–Kier alpha value is -1.87. The Morgan fingerprint density at radius 3 is 1.38 bits per heavy atom. The van der Waals surface area contributed by atoms with Crippen molar-refractivity contribution in [2.45, 2.75) is 193 Å². The van der Waals surface area contributed by atoms with E-state index in [4.69, 9.17) is 4.74 Å². The van der Waals surface area contributed by atoms with Gasteiger partial charge < -0.3 is 9.64 Å². The van der Waals surface area contributed by atoms with Gasteiger partial charge in [-0.1, -0.05) is 139 Å². The minimum Gasteiger partial charge on any atom is -0.462 e. The molecule has 47 heavy (non-hydrogen) atoms. The number of esters is 1. The van der Waals surface area contributed by atoms with Crippen molar-refractivity contribution in [3.8, 4) is 0 Å². The maximum absolute atomic E-state index is 12.6. The molecule has 0 aliphatic carbocycles. The monoisotopic (exact) mass is 654 g/mol. The molecule has 0 rings (SSSR count). The molecule has 0 aromatic carbocycles. The number of hydrogen-bond acceptors (Lipinski definition) is 3. The van der Waals surface area contributed by atoms with Crippen molar-refractivity contribution >= 4 is 5.97 Å². The minimum atomic E-state index is 0.0153. The van der Waals surface area contributed by atoms with Crippen LogP contribution in [0.1, 0.15) is 187 Å². The van der Waals surface area contributed by atoms with Crippen LogP contribution in [0.5, 0.6) is 0 Å². The van der Waals surface area contributed by atoms with Crippen LogP contribution in [-0.2, 0) is 9.53 Å². The highest BCUT2D eigenvalue weighted by Gasteiger charge is 2.14. The van der Waals surface area contributed by atoms with Gasteiger partial charge in [0.05, 0.1) is 0 Å². The van der Waals surface area contributed by atoms with Crippen molar-refractivity contribution in [3.05, 3.63) is 60.8 Å². The summed E-state index contributed by atoms with van der Waals surface area (Å²) >= 11 is 0. The Balaban J connectivity index is 4.10. The zero-order valence-electron chi connectivity index (χ0n) is 31.9. The van der Waals surface area contributed by atoms with Gasteiger partial charge in [0, 0.05) is 6.42 Å². The van der Waals surface area contributed by atoms with Gasteiger partial charge in [-0.25, -0.2) is 0 Å². The lowest BCUT2D eigenvalue weighted by Crippen LogP contribution is -2.19. The first-order valence-electron chi connectivity index (χ1n) is 20.2. The third-order valence-corrected chi connectivity index (χ3v) is 8.66. The summed E-state index contributed by atoms with van der Waals surface area (Å²) in [6.45, 7) is 5.52. The van der Waals surface area contributed by atoms with Crippen molar-refractivity contribution in [2.75, 3.05) is 20.6 Å². The third kappa shape index (κ3) is 38.5. The highest BCUT2D eigenvalue weighted by Crippen LogP contribution is 2.18. The van der Waals surface area contributed by atoms with E-state index in [2.05, 4.69) is 93.6 Å². The van der Waals surface area contributed by atoms with Crippen molar-refractivity contribution in [2.24, 2.45) is 0 Å². The molecule has 0 saturated heterocycles. The largest absolute Gasteiger partial charge is 0.462 e. The van der Waals surface area contributed by atoms with Gasteiger partial charge in [-0.2, -0.15) is 0 Å². The lowest BCUT2D eigenvalue weighted by molar-refractivity contribution is -0.150. The van der Waals surface area contributed by atoms with E-state index < -0.39 is 0 Å².